The Hall–Kier alpha value is -3.70. The van der Waals surface area contributed by atoms with Crippen LogP contribution in [0.5, 0.6) is 0 Å². The number of nitrogens with zero attached hydrogens (tertiary/aromatic N) is 4. The number of imidazole rings is 1. The van der Waals surface area contributed by atoms with Crippen LogP contribution in [0, 0.1) is 0 Å². The van der Waals surface area contributed by atoms with Crippen molar-refractivity contribution in [1.82, 2.24) is 24.4 Å². The van der Waals surface area contributed by atoms with Gasteiger partial charge in [-0.05, 0) is 36.6 Å². The average molecular weight is 540 g/mol. The summed E-state index contributed by atoms with van der Waals surface area (Å²) in [6.07, 6.45) is -2.30. The van der Waals surface area contributed by atoms with Crippen molar-refractivity contribution in [3.05, 3.63) is 84.3 Å². The summed E-state index contributed by atoms with van der Waals surface area (Å²) in [5, 5.41) is -0.0823. The van der Waals surface area contributed by atoms with E-state index in [1.807, 2.05) is 30.3 Å². The van der Waals surface area contributed by atoms with E-state index in [-0.39, 0.29) is 21.6 Å². The molecule has 1 N–H and O–H groups in total. The Labute approximate surface area is 216 Å². The topological polar surface area (TPSA) is 83.9 Å². The molecule has 1 aliphatic heterocycles. The van der Waals surface area contributed by atoms with Crippen LogP contribution in [0.2, 0.25) is 0 Å². The van der Waals surface area contributed by atoms with Crippen LogP contribution in [0.25, 0.3) is 22.1 Å². The molecule has 11 heteroatoms. The van der Waals surface area contributed by atoms with Gasteiger partial charge in [-0.3, -0.25) is 4.90 Å². The molecular formula is C27H24F3N5O2S. The number of halogens is 3. The molecule has 1 fully saturated rings. The Balaban J connectivity index is 1.48. The fourth-order valence-corrected chi connectivity index (χ4v) is 6.62. The Morgan fingerprint density at radius 3 is 2.24 bits per heavy atom. The fraction of sp³-hybridized carbons (Fsp3) is 0.259. The second-order valence-electron chi connectivity index (χ2n) is 9.47. The molecule has 6 rings (SSSR count). The zero-order valence-electron chi connectivity index (χ0n) is 20.2. The van der Waals surface area contributed by atoms with E-state index in [1.54, 1.807) is 30.5 Å². The van der Waals surface area contributed by atoms with E-state index in [4.69, 9.17) is 0 Å². The first-order chi connectivity index (χ1) is 18.2. The van der Waals surface area contributed by atoms with Gasteiger partial charge in [0.05, 0.1) is 10.4 Å². The molecule has 2 aromatic carbocycles. The number of likely N-dealkylation sites (tertiary alicyclic amines) is 1. The van der Waals surface area contributed by atoms with Crippen molar-refractivity contribution in [3.8, 4) is 0 Å². The van der Waals surface area contributed by atoms with Crippen molar-refractivity contribution in [2.45, 2.75) is 41.5 Å². The molecule has 0 atom stereocenters. The van der Waals surface area contributed by atoms with Gasteiger partial charge in [-0.25, -0.2) is 18.4 Å². The van der Waals surface area contributed by atoms with Crippen molar-refractivity contribution in [2.24, 2.45) is 0 Å². The quantitative estimate of drug-likeness (QED) is 0.314. The number of hydrogen-bond donors (Lipinski definition) is 1. The molecule has 3 aromatic heterocycles. The number of hydrogen-bond acceptors (Lipinski definition) is 5. The summed E-state index contributed by atoms with van der Waals surface area (Å²) in [5.74, 6) is -1.10. The van der Waals surface area contributed by atoms with Gasteiger partial charge in [0.15, 0.2) is 5.03 Å². The molecule has 0 unspecified atom stereocenters. The highest BCUT2D eigenvalue weighted by Crippen LogP contribution is 2.41. The summed E-state index contributed by atoms with van der Waals surface area (Å²) in [7, 11) is -4.24. The van der Waals surface area contributed by atoms with Gasteiger partial charge in [0, 0.05) is 37.3 Å². The van der Waals surface area contributed by atoms with Crippen molar-refractivity contribution in [3.63, 3.8) is 0 Å². The minimum Gasteiger partial charge on any atom is -0.346 e. The van der Waals surface area contributed by atoms with Gasteiger partial charge < -0.3 is 9.55 Å². The van der Waals surface area contributed by atoms with Crippen LogP contribution in [0.15, 0.2) is 82.8 Å². The highest BCUT2D eigenvalue weighted by Gasteiger charge is 2.42. The van der Waals surface area contributed by atoms with Gasteiger partial charge in [-0.1, -0.05) is 48.5 Å². The molecule has 0 aliphatic carbocycles. The van der Waals surface area contributed by atoms with E-state index in [1.165, 1.54) is 16.7 Å². The van der Waals surface area contributed by atoms with Crippen LogP contribution in [0.4, 0.5) is 13.2 Å². The third-order valence-corrected chi connectivity index (χ3v) is 8.73. The summed E-state index contributed by atoms with van der Waals surface area (Å²) >= 11 is 0. The normalized spacial score (nSPS) is 16.0. The largest absolute Gasteiger partial charge is 0.449 e. The van der Waals surface area contributed by atoms with Crippen LogP contribution < -0.4 is 0 Å². The van der Waals surface area contributed by atoms with Gasteiger partial charge >= 0.3 is 6.18 Å². The zero-order valence-corrected chi connectivity index (χ0v) is 21.0. The van der Waals surface area contributed by atoms with Crippen LogP contribution in [0.1, 0.15) is 30.3 Å². The molecule has 7 nitrogen and oxygen atoms in total. The van der Waals surface area contributed by atoms with Gasteiger partial charge in [0.1, 0.15) is 11.2 Å². The van der Waals surface area contributed by atoms with E-state index < -0.39 is 32.9 Å². The first-order valence-corrected chi connectivity index (χ1v) is 13.7. The Morgan fingerprint density at radius 2 is 1.58 bits per heavy atom. The molecule has 1 aliphatic rings. The van der Waals surface area contributed by atoms with E-state index in [0.717, 1.165) is 12.1 Å². The standard InChI is InChI=1S/C27H24F3N5O2S/c28-27(29,30)26-32-22-23(35(26)19-12-15-34(16-13-19)17-18-7-3-1-4-8-18)21-11-14-31-24(21)33-25(22)38(36,37)20-9-5-2-6-10-20/h1-11,14,19H,12-13,15-17H2,(H,31,33). The number of pyridine rings is 1. The first kappa shape index (κ1) is 24.6. The second-order valence-corrected chi connectivity index (χ2v) is 11.3. The maximum atomic E-state index is 14.4. The second kappa shape index (κ2) is 9.25. The number of aromatic nitrogens is 4. The molecule has 0 saturated carbocycles. The lowest BCUT2D eigenvalue weighted by Gasteiger charge is -2.33. The number of benzene rings is 2. The third-order valence-electron chi connectivity index (χ3n) is 7.04. The predicted molar refractivity (Wildman–Crippen MR) is 136 cm³/mol. The van der Waals surface area contributed by atoms with Gasteiger partial charge in [-0.15, -0.1) is 0 Å². The number of fused-ring (bicyclic) bond motifs is 3. The number of sulfone groups is 1. The minimum absolute atomic E-state index is 0.0583. The Morgan fingerprint density at radius 1 is 0.921 bits per heavy atom. The Bertz CT molecular complexity index is 1710. The molecule has 5 aromatic rings. The lowest BCUT2D eigenvalue weighted by molar-refractivity contribution is -0.148. The monoisotopic (exact) mass is 539 g/mol. The van der Waals surface area contributed by atoms with E-state index in [0.29, 0.717) is 31.3 Å². The lowest BCUT2D eigenvalue weighted by atomic mass is 10.0. The molecule has 196 valence electrons. The summed E-state index contributed by atoms with van der Waals surface area (Å²) < 4.78 is 71.6. The number of aromatic amines is 1. The number of rotatable bonds is 5. The average Bonchev–Trinajstić information content (AvgIpc) is 3.54. The molecule has 4 heterocycles. The molecule has 1 saturated heterocycles. The highest BCUT2D eigenvalue weighted by molar-refractivity contribution is 7.91. The van der Waals surface area contributed by atoms with Crippen molar-refractivity contribution in [2.75, 3.05) is 13.1 Å². The van der Waals surface area contributed by atoms with Crippen molar-refractivity contribution >= 4 is 31.9 Å². The molecular weight excluding hydrogens is 515 g/mol. The number of nitrogens with one attached hydrogen (secondary N) is 1. The lowest BCUT2D eigenvalue weighted by Crippen LogP contribution is -2.35. The van der Waals surface area contributed by atoms with Crippen molar-refractivity contribution in [1.29, 1.82) is 0 Å². The van der Waals surface area contributed by atoms with Gasteiger partial charge in [0.2, 0.25) is 15.7 Å². The number of piperidine rings is 1. The summed E-state index contributed by atoms with van der Waals surface area (Å²) in [4.78, 5) is 13.2. The van der Waals surface area contributed by atoms with Crippen LogP contribution in [-0.2, 0) is 22.6 Å². The molecule has 0 radical (unpaired) electrons. The van der Waals surface area contributed by atoms with Crippen molar-refractivity contribution < 1.29 is 21.6 Å². The van der Waals surface area contributed by atoms with Crippen LogP contribution >= 0.6 is 0 Å². The Kier molecular flexibility index (Phi) is 5.99. The minimum atomic E-state index is -4.78. The summed E-state index contributed by atoms with van der Waals surface area (Å²) in [6.45, 7) is 1.93. The van der Waals surface area contributed by atoms with Gasteiger partial charge in [0.25, 0.3) is 0 Å². The third kappa shape index (κ3) is 4.25. The SMILES string of the molecule is O=S(=O)(c1ccccc1)c1nc2[nH]ccc2c2c1nc(C(F)(F)F)n2C1CCN(Cc2ccccc2)CC1. The number of alkyl halides is 3. The van der Waals surface area contributed by atoms with E-state index in [2.05, 4.69) is 19.9 Å². The first-order valence-electron chi connectivity index (χ1n) is 12.3. The number of H-pyrrole nitrogens is 1. The molecule has 0 bridgehead atoms. The zero-order chi connectivity index (χ0) is 26.5. The fourth-order valence-electron chi connectivity index (χ4n) is 5.27. The molecule has 0 amide bonds. The van der Waals surface area contributed by atoms with Gasteiger partial charge in [-0.2, -0.15) is 13.2 Å². The smallest absolute Gasteiger partial charge is 0.346 e. The van der Waals surface area contributed by atoms with E-state index in [9.17, 15) is 21.6 Å². The maximum absolute atomic E-state index is 14.4. The van der Waals surface area contributed by atoms with Crippen LogP contribution in [0.3, 0.4) is 0 Å². The predicted octanol–water partition coefficient (Wildman–Crippen LogP) is 5.60. The summed E-state index contributed by atoms with van der Waals surface area (Å²) in [5.41, 5.74) is 1.22. The van der Waals surface area contributed by atoms with E-state index >= 15 is 0 Å². The highest BCUT2D eigenvalue weighted by atomic mass is 32.2. The maximum Gasteiger partial charge on any atom is 0.449 e. The molecule has 0 spiro atoms. The van der Waals surface area contributed by atoms with Crippen LogP contribution in [-0.4, -0.2) is 45.9 Å². The summed E-state index contributed by atoms with van der Waals surface area (Å²) in [6, 6.07) is 18.6. The molecule has 38 heavy (non-hydrogen) atoms.